The maximum absolute atomic E-state index is 10.1. The minimum Gasteiger partial charge on any atom is -0.483 e. The van der Waals surface area contributed by atoms with Gasteiger partial charge in [-0.3, -0.25) is 0 Å². The second kappa shape index (κ2) is 7.12. The topological polar surface area (TPSA) is 29.5 Å². The third-order valence-electron chi connectivity index (χ3n) is 3.79. The Bertz CT molecular complexity index is 719. The smallest absolute Gasteiger partial charge is 0.149 e. The summed E-state index contributed by atoms with van der Waals surface area (Å²) in [5.74, 6) is 0.755. The van der Waals surface area contributed by atoms with Crippen LogP contribution in [0, 0.1) is 0 Å². The molecule has 0 unspecified atom stereocenters. The van der Waals surface area contributed by atoms with E-state index in [1.165, 1.54) is 5.56 Å². The van der Waals surface area contributed by atoms with Crippen molar-refractivity contribution < 1.29 is 9.84 Å². The summed E-state index contributed by atoms with van der Waals surface area (Å²) in [5, 5.41) is 10.1. The lowest BCUT2D eigenvalue weighted by molar-refractivity contribution is 0.0480. The van der Waals surface area contributed by atoms with Crippen molar-refractivity contribution in [2.75, 3.05) is 0 Å². The molecule has 2 heteroatoms. The number of hydrogen-bond donors (Lipinski definition) is 1. The Balaban J connectivity index is 1.83. The molecular weight excluding hydrogens is 284 g/mol. The number of aliphatic hydroxyl groups excluding tert-OH is 1. The molecule has 0 aliphatic rings. The summed E-state index contributed by atoms with van der Waals surface area (Å²) in [4.78, 5) is 0. The summed E-state index contributed by atoms with van der Waals surface area (Å²) in [5.41, 5.74) is 3.29. The van der Waals surface area contributed by atoms with Crippen LogP contribution in [0.3, 0.4) is 0 Å². The van der Waals surface area contributed by atoms with Gasteiger partial charge in [0.1, 0.15) is 11.9 Å². The predicted molar refractivity (Wildman–Crippen MR) is 93.4 cm³/mol. The Morgan fingerprint density at radius 2 is 1.22 bits per heavy atom. The van der Waals surface area contributed by atoms with Gasteiger partial charge in [0.2, 0.25) is 0 Å². The number of ether oxygens (including phenoxy) is 1. The maximum atomic E-state index is 10.1. The van der Waals surface area contributed by atoms with Crippen molar-refractivity contribution in [3.8, 4) is 16.9 Å². The van der Waals surface area contributed by atoms with E-state index < -0.39 is 6.10 Å². The summed E-state index contributed by atoms with van der Waals surface area (Å²) >= 11 is 0. The largest absolute Gasteiger partial charge is 0.483 e. The zero-order chi connectivity index (χ0) is 16.1. The van der Waals surface area contributed by atoms with Crippen LogP contribution in [0.25, 0.3) is 11.1 Å². The van der Waals surface area contributed by atoms with Crippen LogP contribution in [-0.4, -0.2) is 11.2 Å². The van der Waals surface area contributed by atoms with Crippen LogP contribution in [0.5, 0.6) is 5.75 Å². The minimum atomic E-state index is -0.599. The molecule has 3 aromatic carbocycles. The molecule has 0 aliphatic carbocycles. The Kier molecular flexibility index (Phi) is 4.74. The lowest BCUT2D eigenvalue weighted by atomic mass is 10.00. The Hall–Kier alpha value is -2.58. The van der Waals surface area contributed by atoms with Gasteiger partial charge in [0.05, 0.1) is 6.10 Å². The minimum absolute atomic E-state index is 0.387. The molecule has 2 atom stereocenters. The van der Waals surface area contributed by atoms with Crippen LogP contribution in [0.2, 0.25) is 0 Å². The number of rotatable bonds is 5. The number of benzene rings is 3. The van der Waals surface area contributed by atoms with E-state index in [4.69, 9.17) is 4.74 Å². The highest BCUT2D eigenvalue weighted by Crippen LogP contribution is 2.27. The van der Waals surface area contributed by atoms with Gasteiger partial charge in [-0.25, -0.2) is 0 Å². The highest BCUT2D eigenvalue weighted by atomic mass is 16.5. The molecule has 116 valence electrons. The normalized spacial score (nSPS) is 13.3. The average Bonchev–Trinajstić information content (AvgIpc) is 2.61. The molecule has 0 aromatic heterocycles. The fourth-order valence-corrected chi connectivity index (χ4v) is 2.59. The average molecular weight is 304 g/mol. The van der Waals surface area contributed by atoms with E-state index in [1.807, 2.05) is 60.7 Å². The first-order valence-electron chi connectivity index (χ1n) is 7.79. The lowest BCUT2D eigenvalue weighted by Crippen LogP contribution is -2.20. The SMILES string of the molecule is C[C@H](O)[C@H](Oc1ccccc1)c1ccc(-c2ccccc2)cc1. The second-order valence-corrected chi connectivity index (χ2v) is 5.58. The summed E-state index contributed by atoms with van der Waals surface area (Å²) in [6.45, 7) is 1.75. The third kappa shape index (κ3) is 3.79. The molecule has 0 bridgehead atoms. The summed E-state index contributed by atoms with van der Waals surface area (Å²) in [6, 6.07) is 28.0. The highest BCUT2D eigenvalue weighted by molar-refractivity contribution is 5.63. The van der Waals surface area contributed by atoms with E-state index in [0.29, 0.717) is 0 Å². The van der Waals surface area contributed by atoms with Gasteiger partial charge in [-0.15, -0.1) is 0 Å². The summed E-state index contributed by atoms with van der Waals surface area (Å²) < 4.78 is 5.96. The van der Waals surface area contributed by atoms with Gasteiger partial charge in [0.25, 0.3) is 0 Å². The van der Waals surface area contributed by atoms with E-state index in [2.05, 4.69) is 24.3 Å². The van der Waals surface area contributed by atoms with Crippen LogP contribution in [0.1, 0.15) is 18.6 Å². The molecule has 3 rings (SSSR count). The van der Waals surface area contributed by atoms with Crippen LogP contribution in [0.15, 0.2) is 84.9 Å². The molecule has 2 nitrogen and oxygen atoms in total. The zero-order valence-electron chi connectivity index (χ0n) is 13.1. The van der Waals surface area contributed by atoms with E-state index in [1.54, 1.807) is 6.92 Å². The number of aliphatic hydroxyl groups is 1. The Labute approximate surface area is 137 Å². The molecule has 3 aromatic rings. The van der Waals surface area contributed by atoms with Gasteiger partial charge in [-0.05, 0) is 35.7 Å². The van der Waals surface area contributed by atoms with Crippen molar-refractivity contribution in [3.05, 3.63) is 90.5 Å². The Morgan fingerprint density at radius 3 is 1.78 bits per heavy atom. The van der Waals surface area contributed by atoms with Crippen molar-refractivity contribution in [1.29, 1.82) is 0 Å². The molecule has 0 heterocycles. The first-order chi connectivity index (χ1) is 11.2. The molecule has 0 saturated carbocycles. The van der Waals surface area contributed by atoms with Gasteiger partial charge in [0.15, 0.2) is 0 Å². The summed E-state index contributed by atoms with van der Waals surface area (Å²) in [7, 11) is 0. The molecule has 0 saturated heterocycles. The Morgan fingerprint density at radius 1 is 0.696 bits per heavy atom. The van der Waals surface area contributed by atoms with Gasteiger partial charge >= 0.3 is 0 Å². The number of para-hydroxylation sites is 1. The third-order valence-corrected chi connectivity index (χ3v) is 3.79. The van der Waals surface area contributed by atoms with E-state index >= 15 is 0 Å². The van der Waals surface area contributed by atoms with Crippen molar-refractivity contribution in [2.45, 2.75) is 19.1 Å². The number of hydrogen-bond acceptors (Lipinski definition) is 2. The van der Waals surface area contributed by atoms with Gasteiger partial charge in [0, 0.05) is 0 Å². The van der Waals surface area contributed by atoms with E-state index in [-0.39, 0.29) is 6.10 Å². The molecular formula is C21H20O2. The van der Waals surface area contributed by atoms with Crippen LogP contribution in [-0.2, 0) is 0 Å². The maximum Gasteiger partial charge on any atom is 0.149 e. The zero-order valence-corrected chi connectivity index (χ0v) is 13.1. The molecule has 0 spiro atoms. The molecule has 0 amide bonds. The highest BCUT2D eigenvalue weighted by Gasteiger charge is 2.19. The van der Waals surface area contributed by atoms with Crippen molar-refractivity contribution in [2.24, 2.45) is 0 Å². The quantitative estimate of drug-likeness (QED) is 0.730. The first-order valence-corrected chi connectivity index (χ1v) is 7.79. The molecule has 1 N–H and O–H groups in total. The van der Waals surface area contributed by atoms with Crippen LogP contribution in [0.4, 0.5) is 0 Å². The molecule has 0 fully saturated rings. The standard InChI is InChI=1S/C21H20O2/c1-16(22)21(23-20-10-6-3-7-11-20)19-14-12-18(13-15-19)17-8-4-2-5-9-17/h2-16,21-22H,1H3/t16-,21-/m0/s1. The monoisotopic (exact) mass is 304 g/mol. The molecule has 23 heavy (non-hydrogen) atoms. The summed E-state index contributed by atoms with van der Waals surface area (Å²) in [6.07, 6.45) is -0.986. The van der Waals surface area contributed by atoms with E-state index in [9.17, 15) is 5.11 Å². The van der Waals surface area contributed by atoms with Gasteiger partial charge in [-0.2, -0.15) is 0 Å². The van der Waals surface area contributed by atoms with Crippen molar-refractivity contribution >= 4 is 0 Å². The fraction of sp³-hybridized carbons (Fsp3) is 0.143. The molecule has 0 radical (unpaired) electrons. The van der Waals surface area contributed by atoms with Crippen LogP contribution >= 0.6 is 0 Å². The van der Waals surface area contributed by atoms with Crippen molar-refractivity contribution in [3.63, 3.8) is 0 Å². The second-order valence-electron chi connectivity index (χ2n) is 5.58. The van der Waals surface area contributed by atoms with Gasteiger partial charge < -0.3 is 9.84 Å². The van der Waals surface area contributed by atoms with Crippen molar-refractivity contribution in [1.82, 2.24) is 0 Å². The van der Waals surface area contributed by atoms with E-state index in [0.717, 1.165) is 16.9 Å². The predicted octanol–water partition coefficient (Wildman–Crippen LogP) is 4.85. The lowest BCUT2D eigenvalue weighted by Gasteiger charge is -2.22. The first kappa shape index (κ1) is 15.3. The fourth-order valence-electron chi connectivity index (χ4n) is 2.59. The van der Waals surface area contributed by atoms with Gasteiger partial charge in [-0.1, -0.05) is 72.8 Å². The van der Waals surface area contributed by atoms with Crippen LogP contribution < -0.4 is 4.74 Å². The molecule has 0 aliphatic heterocycles.